The average molecular weight is 269 g/mol. The van der Waals surface area contributed by atoms with E-state index in [1.54, 1.807) is 0 Å². The van der Waals surface area contributed by atoms with Crippen LogP contribution in [0.15, 0.2) is 0 Å². The third-order valence-corrected chi connectivity index (χ3v) is 4.39. The molecule has 0 spiro atoms. The van der Waals surface area contributed by atoms with Gasteiger partial charge in [-0.15, -0.1) is 0 Å². The predicted octanol–water partition coefficient (Wildman–Crippen LogP) is 0.765. The first-order valence-electron chi connectivity index (χ1n) is 7.91. The molecule has 2 fully saturated rings. The molecule has 0 unspecified atom stereocenters. The molecule has 0 aliphatic carbocycles. The Morgan fingerprint density at radius 3 is 2.21 bits per heavy atom. The molecule has 0 aromatic rings. The van der Waals surface area contributed by atoms with E-state index in [-0.39, 0.29) is 0 Å². The highest BCUT2D eigenvalue weighted by atomic mass is 16.3. The van der Waals surface area contributed by atoms with Gasteiger partial charge in [0.1, 0.15) is 0 Å². The van der Waals surface area contributed by atoms with Gasteiger partial charge >= 0.3 is 0 Å². The number of aliphatic hydroxyl groups is 1. The van der Waals surface area contributed by atoms with Gasteiger partial charge in [0.2, 0.25) is 0 Å². The second kappa shape index (κ2) is 7.02. The van der Waals surface area contributed by atoms with Gasteiger partial charge in [-0.3, -0.25) is 4.90 Å². The van der Waals surface area contributed by atoms with E-state index in [2.05, 4.69) is 15.1 Å². The first kappa shape index (κ1) is 15.2. The zero-order valence-corrected chi connectivity index (χ0v) is 12.7. The molecule has 112 valence electrons. The van der Waals surface area contributed by atoms with Gasteiger partial charge in [-0.25, -0.2) is 0 Å². The van der Waals surface area contributed by atoms with Crippen molar-refractivity contribution in [3.63, 3.8) is 0 Å². The third kappa shape index (κ3) is 5.78. The summed E-state index contributed by atoms with van der Waals surface area (Å²) in [4.78, 5) is 4.99. The van der Waals surface area contributed by atoms with Crippen molar-refractivity contribution in [3.05, 3.63) is 0 Å². The molecular weight excluding hydrogens is 238 g/mol. The monoisotopic (exact) mass is 269 g/mol. The van der Waals surface area contributed by atoms with Crippen LogP contribution >= 0.6 is 0 Å². The normalized spacial score (nSPS) is 24.8. The molecule has 0 amide bonds. The van der Waals surface area contributed by atoms with E-state index in [1.807, 2.05) is 13.8 Å². The number of hydrogen-bond donors (Lipinski definition) is 2. The summed E-state index contributed by atoms with van der Waals surface area (Å²) < 4.78 is 0. The molecular formula is C15H31N3O. The lowest BCUT2D eigenvalue weighted by atomic mass is 9.94. The van der Waals surface area contributed by atoms with Crippen LogP contribution in [0.5, 0.6) is 0 Å². The van der Waals surface area contributed by atoms with Crippen molar-refractivity contribution in [3.8, 4) is 0 Å². The maximum Gasteiger partial charge on any atom is 0.0718 e. The second-order valence-corrected chi connectivity index (χ2v) is 6.91. The summed E-state index contributed by atoms with van der Waals surface area (Å²) in [7, 11) is 0. The largest absolute Gasteiger partial charge is 0.389 e. The summed E-state index contributed by atoms with van der Waals surface area (Å²) in [5.41, 5.74) is -0.558. The molecule has 2 heterocycles. The van der Waals surface area contributed by atoms with Crippen molar-refractivity contribution < 1.29 is 5.11 Å². The zero-order chi connectivity index (χ0) is 13.7. The molecule has 0 saturated carbocycles. The molecule has 2 N–H and O–H groups in total. The van der Waals surface area contributed by atoms with Crippen LogP contribution in [0.2, 0.25) is 0 Å². The first-order chi connectivity index (χ1) is 9.03. The van der Waals surface area contributed by atoms with Gasteiger partial charge in [0.15, 0.2) is 0 Å². The molecule has 0 radical (unpaired) electrons. The van der Waals surface area contributed by atoms with Gasteiger partial charge < -0.3 is 15.3 Å². The molecule has 2 aliphatic rings. The highest BCUT2D eigenvalue weighted by molar-refractivity contribution is 4.78. The van der Waals surface area contributed by atoms with Crippen molar-refractivity contribution in [1.29, 1.82) is 0 Å². The fraction of sp³-hybridized carbons (Fsp3) is 1.00. The van der Waals surface area contributed by atoms with Crippen LogP contribution in [0, 0.1) is 5.92 Å². The first-order valence-corrected chi connectivity index (χ1v) is 7.91. The molecule has 19 heavy (non-hydrogen) atoms. The summed E-state index contributed by atoms with van der Waals surface area (Å²) in [5, 5.41) is 13.3. The van der Waals surface area contributed by atoms with E-state index >= 15 is 0 Å². The van der Waals surface area contributed by atoms with Crippen molar-refractivity contribution in [1.82, 2.24) is 15.1 Å². The van der Waals surface area contributed by atoms with Crippen LogP contribution in [0.1, 0.15) is 33.1 Å². The van der Waals surface area contributed by atoms with Gasteiger partial charge in [0.05, 0.1) is 5.60 Å². The number of nitrogens with zero attached hydrogens (tertiary/aromatic N) is 2. The van der Waals surface area contributed by atoms with E-state index in [9.17, 15) is 5.11 Å². The molecule has 0 aromatic heterocycles. The van der Waals surface area contributed by atoms with E-state index in [1.165, 1.54) is 52.0 Å². The minimum atomic E-state index is -0.558. The summed E-state index contributed by atoms with van der Waals surface area (Å²) in [6, 6.07) is 0. The van der Waals surface area contributed by atoms with Crippen molar-refractivity contribution in [2.24, 2.45) is 5.92 Å². The number of rotatable bonds is 5. The minimum absolute atomic E-state index is 0.558. The molecule has 0 bridgehead atoms. The summed E-state index contributed by atoms with van der Waals surface area (Å²) in [6.45, 7) is 12.8. The standard InChI is InChI=1S/C15H31N3O/c1-15(2,19)13-18-11-9-17(10-12-18)8-5-14-3-6-16-7-4-14/h14,16,19H,3-13H2,1-2H3. The topological polar surface area (TPSA) is 38.7 Å². The van der Waals surface area contributed by atoms with Crippen molar-refractivity contribution >= 4 is 0 Å². The van der Waals surface area contributed by atoms with Crippen LogP contribution in [0.3, 0.4) is 0 Å². The van der Waals surface area contributed by atoms with E-state index in [0.29, 0.717) is 0 Å². The smallest absolute Gasteiger partial charge is 0.0718 e. The molecule has 2 saturated heterocycles. The van der Waals surface area contributed by atoms with Gasteiger partial charge in [-0.1, -0.05) is 0 Å². The Bertz CT molecular complexity index is 251. The van der Waals surface area contributed by atoms with Gasteiger partial charge in [0.25, 0.3) is 0 Å². The number of β-amino-alcohol motifs (C(OH)–C–C–N with tert-alkyl or cyclic N) is 1. The van der Waals surface area contributed by atoms with Gasteiger partial charge in [-0.2, -0.15) is 0 Å². The number of piperidine rings is 1. The maximum atomic E-state index is 9.85. The fourth-order valence-electron chi connectivity index (χ4n) is 3.25. The highest BCUT2D eigenvalue weighted by Gasteiger charge is 2.23. The van der Waals surface area contributed by atoms with E-state index in [4.69, 9.17) is 0 Å². The average Bonchev–Trinajstić information content (AvgIpc) is 2.37. The predicted molar refractivity (Wildman–Crippen MR) is 79.4 cm³/mol. The molecule has 2 rings (SSSR count). The Kier molecular flexibility index (Phi) is 5.63. The Morgan fingerprint density at radius 1 is 1.05 bits per heavy atom. The quantitative estimate of drug-likeness (QED) is 0.773. The molecule has 0 atom stereocenters. The van der Waals surface area contributed by atoms with Gasteiger partial charge in [-0.05, 0) is 58.7 Å². The minimum Gasteiger partial charge on any atom is -0.389 e. The third-order valence-electron chi connectivity index (χ3n) is 4.39. The van der Waals surface area contributed by atoms with Crippen LogP contribution in [0.25, 0.3) is 0 Å². The van der Waals surface area contributed by atoms with Gasteiger partial charge in [0, 0.05) is 32.7 Å². The fourth-order valence-corrected chi connectivity index (χ4v) is 3.25. The van der Waals surface area contributed by atoms with Crippen LogP contribution in [-0.2, 0) is 0 Å². The Balaban J connectivity index is 1.60. The van der Waals surface area contributed by atoms with E-state index < -0.39 is 5.60 Å². The molecule has 2 aliphatic heterocycles. The Morgan fingerprint density at radius 2 is 1.63 bits per heavy atom. The molecule has 0 aromatic carbocycles. The SMILES string of the molecule is CC(C)(O)CN1CCN(CCC2CCNCC2)CC1. The highest BCUT2D eigenvalue weighted by Crippen LogP contribution is 2.17. The molecule has 4 nitrogen and oxygen atoms in total. The summed E-state index contributed by atoms with van der Waals surface area (Å²) in [5.74, 6) is 0.940. The summed E-state index contributed by atoms with van der Waals surface area (Å²) >= 11 is 0. The second-order valence-electron chi connectivity index (χ2n) is 6.91. The Hall–Kier alpha value is -0.160. The zero-order valence-electron chi connectivity index (χ0n) is 12.7. The number of nitrogens with one attached hydrogen (secondary N) is 1. The molecule has 4 heteroatoms. The number of hydrogen-bond acceptors (Lipinski definition) is 4. The van der Waals surface area contributed by atoms with Crippen molar-refractivity contribution in [2.75, 3.05) is 52.4 Å². The van der Waals surface area contributed by atoms with Crippen LogP contribution in [0.4, 0.5) is 0 Å². The number of piperazine rings is 1. The van der Waals surface area contributed by atoms with Crippen LogP contribution in [-0.4, -0.2) is 72.9 Å². The maximum absolute atomic E-state index is 9.85. The summed E-state index contributed by atoms with van der Waals surface area (Å²) in [6.07, 6.45) is 4.09. The van der Waals surface area contributed by atoms with Crippen LogP contribution < -0.4 is 5.32 Å². The lowest BCUT2D eigenvalue weighted by Gasteiger charge is -2.38. The van der Waals surface area contributed by atoms with E-state index in [0.717, 1.165) is 25.6 Å². The lowest BCUT2D eigenvalue weighted by molar-refractivity contribution is 0.0170. The van der Waals surface area contributed by atoms with Crippen molar-refractivity contribution in [2.45, 2.75) is 38.7 Å². The Labute approximate surface area is 118 Å². The lowest BCUT2D eigenvalue weighted by Crippen LogP contribution is -2.50.